The predicted molar refractivity (Wildman–Crippen MR) is 65.6 cm³/mol. The number of benzene rings is 1. The minimum absolute atomic E-state index is 0.0513. The lowest BCUT2D eigenvalue weighted by Crippen LogP contribution is -2.17. The van der Waals surface area contributed by atoms with E-state index >= 15 is 0 Å². The van der Waals surface area contributed by atoms with Gasteiger partial charge in [-0.3, -0.25) is 0 Å². The number of carbonyl (C=O) groups excluding carboxylic acids is 2. The van der Waals surface area contributed by atoms with E-state index in [1.165, 1.54) is 6.92 Å². The van der Waals surface area contributed by atoms with Crippen LogP contribution in [-0.2, 0) is 9.53 Å². The molecule has 0 aliphatic heterocycles. The number of esters is 2. The molecule has 0 amide bonds. The summed E-state index contributed by atoms with van der Waals surface area (Å²) < 4.78 is 4.39. The molecule has 0 heterocycles. The van der Waals surface area contributed by atoms with Gasteiger partial charge < -0.3 is 14.9 Å². The third-order valence-corrected chi connectivity index (χ3v) is 2.25. The van der Waals surface area contributed by atoms with Crippen LogP contribution in [0.1, 0.15) is 38.0 Å². The zero-order valence-corrected chi connectivity index (χ0v) is 10.4. The number of ether oxygens (including phenoxy) is 1. The average Bonchev–Trinajstić information content (AvgIpc) is 2.37. The second kappa shape index (κ2) is 5.79. The summed E-state index contributed by atoms with van der Waals surface area (Å²) in [6.07, 6.45) is 0. The maximum absolute atomic E-state index is 11.7. The van der Waals surface area contributed by atoms with Gasteiger partial charge in [0.05, 0.1) is 16.7 Å². The van der Waals surface area contributed by atoms with Gasteiger partial charge in [0.2, 0.25) is 0 Å². The second-order valence-corrected chi connectivity index (χ2v) is 3.83. The van der Waals surface area contributed by atoms with E-state index in [1.54, 1.807) is 0 Å². The molecule has 20 heavy (non-hydrogen) atoms. The van der Waals surface area contributed by atoms with E-state index in [2.05, 4.69) is 11.3 Å². The van der Waals surface area contributed by atoms with E-state index in [0.29, 0.717) is 0 Å². The molecule has 0 saturated heterocycles. The Hall–Kier alpha value is -2.96. The quantitative estimate of drug-likeness (QED) is 0.484. The summed E-state index contributed by atoms with van der Waals surface area (Å²) in [5.41, 5.74) is -1.34. The van der Waals surface area contributed by atoms with Crippen LogP contribution in [0.4, 0.5) is 0 Å². The maximum Gasteiger partial charge on any atom is 0.346 e. The normalized spacial score (nSPS) is 9.65. The van der Waals surface area contributed by atoms with Gasteiger partial charge in [-0.15, -0.1) is 0 Å². The highest BCUT2D eigenvalue weighted by Crippen LogP contribution is 2.15. The highest BCUT2D eigenvalue weighted by Gasteiger charge is 2.22. The first kappa shape index (κ1) is 15.1. The fourth-order valence-electron chi connectivity index (χ4n) is 1.26. The van der Waals surface area contributed by atoms with Crippen LogP contribution in [0.3, 0.4) is 0 Å². The lowest BCUT2D eigenvalue weighted by Gasteiger charge is -2.06. The molecule has 0 atom stereocenters. The molecule has 104 valence electrons. The maximum atomic E-state index is 11.7. The van der Waals surface area contributed by atoms with Crippen molar-refractivity contribution in [1.82, 2.24) is 0 Å². The highest BCUT2D eigenvalue weighted by atomic mass is 16.6. The highest BCUT2D eigenvalue weighted by molar-refractivity contribution is 6.08. The fraction of sp³-hybridized carbons (Fsp3) is 0.0769. The van der Waals surface area contributed by atoms with Crippen LogP contribution in [0.2, 0.25) is 0 Å². The summed E-state index contributed by atoms with van der Waals surface area (Å²) in [6.45, 7) is 4.57. The van der Waals surface area contributed by atoms with Crippen molar-refractivity contribution < 1.29 is 34.1 Å². The monoisotopic (exact) mass is 278 g/mol. The van der Waals surface area contributed by atoms with E-state index in [-0.39, 0.29) is 11.1 Å². The number of rotatable bonds is 4. The van der Waals surface area contributed by atoms with Gasteiger partial charge in [0.15, 0.2) is 0 Å². The zero-order chi connectivity index (χ0) is 15.4. The number of carboxylic acids is 2. The molecule has 0 unspecified atom stereocenters. The van der Waals surface area contributed by atoms with Crippen molar-refractivity contribution in [2.24, 2.45) is 0 Å². The van der Waals surface area contributed by atoms with Gasteiger partial charge in [-0.2, -0.15) is 0 Å². The molecule has 1 aromatic carbocycles. The largest absolute Gasteiger partial charge is 0.478 e. The fourth-order valence-corrected chi connectivity index (χ4v) is 1.26. The van der Waals surface area contributed by atoms with Gasteiger partial charge >= 0.3 is 23.9 Å². The molecule has 0 aromatic heterocycles. The molecular formula is C13H10O7. The van der Waals surface area contributed by atoms with Crippen LogP contribution in [0.15, 0.2) is 30.4 Å². The third kappa shape index (κ3) is 3.29. The summed E-state index contributed by atoms with van der Waals surface area (Å²) in [5.74, 6) is -5.07. The van der Waals surface area contributed by atoms with E-state index in [0.717, 1.165) is 18.2 Å². The average molecular weight is 278 g/mol. The molecule has 2 N–H and O–H groups in total. The summed E-state index contributed by atoms with van der Waals surface area (Å²) in [7, 11) is 0. The molecule has 1 aromatic rings. The van der Waals surface area contributed by atoms with E-state index in [1.807, 2.05) is 0 Å². The molecule has 0 aliphatic carbocycles. The van der Waals surface area contributed by atoms with Gasteiger partial charge in [0.25, 0.3) is 0 Å². The van der Waals surface area contributed by atoms with Crippen molar-refractivity contribution in [3.63, 3.8) is 0 Å². The summed E-state index contributed by atoms with van der Waals surface area (Å²) in [4.78, 5) is 44.7. The summed E-state index contributed by atoms with van der Waals surface area (Å²) in [5, 5.41) is 17.7. The molecular weight excluding hydrogens is 268 g/mol. The van der Waals surface area contributed by atoms with Gasteiger partial charge in [-0.05, 0) is 25.1 Å². The summed E-state index contributed by atoms with van der Waals surface area (Å²) >= 11 is 0. The topological polar surface area (TPSA) is 118 Å². The van der Waals surface area contributed by atoms with Crippen molar-refractivity contribution in [3.8, 4) is 0 Å². The van der Waals surface area contributed by atoms with E-state index in [9.17, 15) is 19.2 Å². The lowest BCUT2D eigenvalue weighted by atomic mass is 10.0. The van der Waals surface area contributed by atoms with Crippen molar-refractivity contribution in [2.45, 2.75) is 6.92 Å². The molecule has 1 rings (SSSR count). The van der Waals surface area contributed by atoms with Gasteiger partial charge in [0, 0.05) is 5.57 Å². The van der Waals surface area contributed by atoms with Crippen LogP contribution < -0.4 is 0 Å². The second-order valence-electron chi connectivity index (χ2n) is 3.83. The number of hydrogen-bond acceptors (Lipinski definition) is 5. The SMILES string of the molecule is C=C(C)C(=O)OC(=O)c1cc(C(=O)O)ccc1C(=O)O. The summed E-state index contributed by atoms with van der Waals surface area (Å²) in [6, 6.07) is 2.82. The molecule has 0 aliphatic rings. The number of carbonyl (C=O) groups is 4. The Morgan fingerprint density at radius 1 is 1.05 bits per heavy atom. The molecule has 0 radical (unpaired) electrons. The zero-order valence-electron chi connectivity index (χ0n) is 10.4. The molecule has 0 fully saturated rings. The minimum Gasteiger partial charge on any atom is -0.478 e. The van der Waals surface area contributed by atoms with Crippen molar-refractivity contribution in [2.75, 3.05) is 0 Å². The van der Waals surface area contributed by atoms with E-state index in [4.69, 9.17) is 10.2 Å². The van der Waals surface area contributed by atoms with Crippen LogP contribution in [0.5, 0.6) is 0 Å². The van der Waals surface area contributed by atoms with Gasteiger partial charge in [0.1, 0.15) is 0 Å². The molecule has 0 bridgehead atoms. The van der Waals surface area contributed by atoms with Gasteiger partial charge in [-0.1, -0.05) is 6.58 Å². The Labute approximate surface area is 113 Å². The number of carboxylic acid groups (broad SMARTS) is 2. The van der Waals surface area contributed by atoms with Crippen LogP contribution in [0, 0.1) is 0 Å². The van der Waals surface area contributed by atoms with Crippen LogP contribution in [0.25, 0.3) is 0 Å². The molecule has 7 nitrogen and oxygen atoms in total. The first-order valence-electron chi connectivity index (χ1n) is 5.26. The molecule has 7 heteroatoms. The van der Waals surface area contributed by atoms with Crippen molar-refractivity contribution >= 4 is 23.9 Å². The van der Waals surface area contributed by atoms with Crippen molar-refractivity contribution in [3.05, 3.63) is 47.0 Å². The minimum atomic E-state index is -1.45. The Balaban J connectivity index is 3.25. The van der Waals surface area contributed by atoms with Crippen LogP contribution in [-0.4, -0.2) is 34.1 Å². The Bertz CT molecular complexity index is 628. The first-order valence-corrected chi connectivity index (χ1v) is 5.26. The molecule has 0 spiro atoms. The predicted octanol–water partition coefficient (Wildman–Crippen LogP) is 1.34. The van der Waals surface area contributed by atoms with Crippen molar-refractivity contribution in [1.29, 1.82) is 0 Å². The smallest absolute Gasteiger partial charge is 0.346 e. The lowest BCUT2D eigenvalue weighted by molar-refractivity contribution is -0.133. The number of aromatic carboxylic acids is 2. The Kier molecular flexibility index (Phi) is 4.37. The van der Waals surface area contributed by atoms with Crippen LogP contribution >= 0.6 is 0 Å². The standard InChI is InChI=1S/C13H10O7/c1-6(2)12(18)20-13(19)9-5-7(10(14)15)3-4-8(9)11(16)17/h3-5H,1H2,2H3,(H,14,15)(H,16,17). The Morgan fingerprint density at radius 3 is 2.10 bits per heavy atom. The number of hydrogen-bond donors (Lipinski definition) is 2. The first-order chi connectivity index (χ1) is 9.23. The Morgan fingerprint density at radius 2 is 1.65 bits per heavy atom. The molecule has 0 saturated carbocycles. The third-order valence-electron chi connectivity index (χ3n) is 2.25. The van der Waals surface area contributed by atoms with Gasteiger partial charge in [-0.25, -0.2) is 19.2 Å². The van der Waals surface area contributed by atoms with E-state index < -0.39 is 35.0 Å².